The van der Waals surface area contributed by atoms with Crippen molar-refractivity contribution in [2.75, 3.05) is 0 Å². The SMILES string of the molecule is Cc1ccsc1CN(Cc1ccoc1)C1CC1. The Labute approximate surface area is 106 Å². The summed E-state index contributed by atoms with van der Waals surface area (Å²) in [6, 6.07) is 5.06. The van der Waals surface area contributed by atoms with Crippen molar-refractivity contribution in [1.82, 2.24) is 4.90 Å². The maximum atomic E-state index is 5.15. The molecule has 17 heavy (non-hydrogen) atoms. The van der Waals surface area contributed by atoms with Crippen molar-refractivity contribution in [2.24, 2.45) is 0 Å². The molecule has 2 heterocycles. The average Bonchev–Trinajstić information content (AvgIpc) is 2.91. The van der Waals surface area contributed by atoms with Gasteiger partial charge in [-0.3, -0.25) is 4.90 Å². The van der Waals surface area contributed by atoms with Crippen LogP contribution in [0.3, 0.4) is 0 Å². The van der Waals surface area contributed by atoms with Crippen LogP contribution in [0.5, 0.6) is 0 Å². The van der Waals surface area contributed by atoms with Crippen LogP contribution in [0.25, 0.3) is 0 Å². The second-order valence-electron chi connectivity index (χ2n) is 4.79. The number of hydrogen-bond donors (Lipinski definition) is 0. The summed E-state index contributed by atoms with van der Waals surface area (Å²) in [6.45, 7) is 4.30. The zero-order valence-electron chi connectivity index (χ0n) is 10.1. The molecule has 1 aliphatic carbocycles. The Kier molecular flexibility index (Phi) is 3.04. The van der Waals surface area contributed by atoms with Crippen molar-refractivity contribution < 1.29 is 4.42 Å². The van der Waals surface area contributed by atoms with Crippen molar-refractivity contribution in [3.05, 3.63) is 46.0 Å². The van der Waals surface area contributed by atoms with E-state index in [2.05, 4.69) is 29.3 Å². The predicted octanol–water partition coefficient (Wildman–Crippen LogP) is 3.81. The third-order valence-electron chi connectivity index (χ3n) is 3.34. The Morgan fingerprint density at radius 1 is 1.35 bits per heavy atom. The van der Waals surface area contributed by atoms with E-state index in [0.717, 1.165) is 19.1 Å². The van der Waals surface area contributed by atoms with Crippen LogP contribution in [0.15, 0.2) is 34.5 Å². The van der Waals surface area contributed by atoms with E-state index in [1.54, 1.807) is 6.26 Å². The lowest BCUT2D eigenvalue weighted by atomic mass is 10.2. The molecule has 0 unspecified atom stereocenters. The van der Waals surface area contributed by atoms with Gasteiger partial charge < -0.3 is 4.42 Å². The fourth-order valence-electron chi connectivity index (χ4n) is 2.12. The Morgan fingerprint density at radius 2 is 2.24 bits per heavy atom. The largest absolute Gasteiger partial charge is 0.472 e. The van der Waals surface area contributed by atoms with Gasteiger partial charge in [0.15, 0.2) is 0 Å². The molecule has 0 N–H and O–H groups in total. The quantitative estimate of drug-likeness (QED) is 0.798. The van der Waals surface area contributed by atoms with Gasteiger partial charge in [-0.15, -0.1) is 11.3 Å². The van der Waals surface area contributed by atoms with E-state index in [0.29, 0.717) is 0 Å². The highest BCUT2D eigenvalue weighted by molar-refractivity contribution is 7.10. The van der Waals surface area contributed by atoms with Crippen LogP contribution in [0.1, 0.15) is 28.8 Å². The Hall–Kier alpha value is -1.06. The highest BCUT2D eigenvalue weighted by atomic mass is 32.1. The molecular weight excluding hydrogens is 230 g/mol. The van der Waals surface area contributed by atoms with Crippen molar-refractivity contribution in [2.45, 2.75) is 38.9 Å². The zero-order valence-corrected chi connectivity index (χ0v) is 10.9. The summed E-state index contributed by atoms with van der Waals surface area (Å²) < 4.78 is 5.15. The summed E-state index contributed by atoms with van der Waals surface area (Å²) in [5.41, 5.74) is 2.71. The van der Waals surface area contributed by atoms with E-state index in [9.17, 15) is 0 Å². The first kappa shape index (κ1) is 11.1. The molecule has 1 aliphatic rings. The number of thiophene rings is 1. The summed E-state index contributed by atoms with van der Waals surface area (Å²) in [7, 11) is 0. The molecule has 0 aromatic carbocycles. The molecule has 0 saturated heterocycles. The molecule has 2 aromatic rings. The van der Waals surface area contributed by atoms with Gasteiger partial charge >= 0.3 is 0 Å². The van der Waals surface area contributed by atoms with E-state index >= 15 is 0 Å². The third kappa shape index (κ3) is 2.61. The number of nitrogens with zero attached hydrogens (tertiary/aromatic N) is 1. The van der Waals surface area contributed by atoms with E-state index in [4.69, 9.17) is 4.42 Å². The molecule has 0 spiro atoms. The van der Waals surface area contributed by atoms with E-state index in [1.807, 2.05) is 17.6 Å². The average molecular weight is 247 g/mol. The van der Waals surface area contributed by atoms with Gasteiger partial charge in [-0.2, -0.15) is 0 Å². The molecule has 0 amide bonds. The molecule has 1 saturated carbocycles. The summed E-state index contributed by atoms with van der Waals surface area (Å²) in [5.74, 6) is 0. The van der Waals surface area contributed by atoms with Crippen LogP contribution >= 0.6 is 11.3 Å². The first-order chi connectivity index (χ1) is 8.33. The molecule has 2 aromatic heterocycles. The lowest BCUT2D eigenvalue weighted by Crippen LogP contribution is -2.24. The normalized spacial score (nSPS) is 15.6. The van der Waals surface area contributed by atoms with Crippen LogP contribution < -0.4 is 0 Å². The summed E-state index contributed by atoms with van der Waals surface area (Å²) in [6.07, 6.45) is 6.32. The lowest BCUT2D eigenvalue weighted by Gasteiger charge is -2.20. The van der Waals surface area contributed by atoms with Crippen molar-refractivity contribution in [3.8, 4) is 0 Å². The lowest BCUT2D eigenvalue weighted by molar-refractivity contribution is 0.247. The maximum Gasteiger partial charge on any atom is 0.0947 e. The first-order valence-corrected chi connectivity index (χ1v) is 6.99. The number of aryl methyl sites for hydroxylation is 1. The Morgan fingerprint density at radius 3 is 2.82 bits per heavy atom. The second kappa shape index (κ2) is 4.67. The highest BCUT2D eigenvalue weighted by Crippen LogP contribution is 2.31. The van der Waals surface area contributed by atoms with Gasteiger partial charge in [0, 0.05) is 29.6 Å². The number of hydrogen-bond acceptors (Lipinski definition) is 3. The fourth-order valence-corrected chi connectivity index (χ4v) is 3.05. The number of rotatable bonds is 5. The summed E-state index contributed by atoms with van der Waals surface area (Å²) >= 11 is 1.87. The van der Waals surface area contributed by atoms with Gasteiger partial charge in [-0.1, -0.05) is 0 Å². The molecule has 3 heteroatoms. The molecule has 1 fully saturated rings. The predicted molar refractivity (Wildman–Crippen MR) is 70.0 cm³/mol. The molecule has 0 bridgehead atoms. The zero-order chi connectivity index (χ0) is 11.7. The fraction of sp³-hybridized carbons (Fsp3) is 0.429. The van der Waals surface area contributed by atoms with Crippen LogP contribution in [0.2, 0.25) is 0 Å². The van der Waals surface area contributed by atoms with Crippen LogP contribution in [-0.4, -0.2) is 10.9 Å². The molecule has 2 nitrogen and oxygen atoms in total. The Bertz CT molecular complexity index is 470. The van der Waals surface area contributed by atoms with Gasteiger partial charge in [0.25, 0.3) is 0 Å². The minimum absolute atomic E-state index is 0.784. The van der Waals surface area contributed by atoms with Crippen molar-refractivity contribution in [3.63, 3.8) is 0 Å². The monoisotopic (exact) mass is 247 g/mol. The second-order valence-corrected chi connectivity index (χ2v) is 5.80. The van der Waals surface area contributed by atoms with Gasteiger partial charge in [0.2, 0.25) is 0 Å². The van der Waals surface area contributed by atoms with E-state index in [1.165, 1.54) is 28.8 Å². The van der Waals surface area contributed by atoms with E-state index < -0.39 is 0 Å². The van der Waals surface area contributed by atoms with E-state index in [-0.39, 0.29) is 0 Å². The van der Waals surface area contributed by atoms with Crippen LogP contribution in [-0.2, 0) is 13.1 Å². The maximum absolute atomic E-state index is 5.15. The van der Waals surface area contributed by atoms with Gasteiger partial charge in [-0.25, -0.2) is 0 Å². The third-order valence-corrected chi connectivity index (χ3v) is 4.35. The summed E-state index contributed by atoms with van der Waals surface area (Å²) in [4.78, 5) is 4.07. The molecule has 90 valence electrons. The highest BCUT2D eigenvalue weighted by Gasteiger charge is 2.29. The standard InChI is InChI=1S/C14H17NOS/c1-11-5-7-17-14(11)9-15(13-2-3-13)8-12-4-6-16-10-12/h4-7,10,13H,2-3,8-9H2,1H3. The van der Waals surface area contributed by atoms with Crippen LogP contribution in [0.4, 0.5) is 0 Å². The topological polar surface area (TPSA) is 16.4 Å². The first-order valence-electron chi connectivity index (χ1n) is 6.11. The molecule has 3 rings (SSSR count). The van der Waals surface area contributed by atoms with Gasteiger partial charge in [0.05, 0.1) is 12.5 Å². The smallest absolute Gasteiger partial charge is 0.0947 e. The molecule has 0 atom stereocenters. The van der Waals surface area contributed by atoms with Crippen LogP contribution in [0, 0.1) is 6.92 Å². The van der Waals surface area contributed by atoms with Gasteiger partial charge in [0.1, 0.15) is 0 Å². The van der Waals surface area contributed by atoms with Gasteiger partial charge in [-0.05, 0) is 42.8 Å². The number of furan rings is 1. The summed E-state index contributed by atoms with van der Waals surface area (Å²) in [5, 5.41) is 2.19. The molecular formula is C14H17NOS. The minimum Gasteiger partial charge on any atom is -0.472 e. The molecule has 0 aliphatic heterocycles. The minimum atomic E-state index is 0.784. The van der Waals surface area contributed by atoms with Crippen molar-refractivity contribution >= 4 is 11.3 Å². The Balaban J connectivity index is 1.70. The molecule has 0 radical (unpaired) electrons. The van der Waals surface area contributed by atoms with Crippen molar-refractivity contribution in [1.29, 1.82) is 0 Å².